The molecule has 0 spiro atoms. The van der Waals surface area contributed by atoms with Gasteiger partial charge in [0.05, 0.1) is 6.61 Å². The van der Waals surface area contributed by atoms with Crippen LogP contribution >= 0.6 is 0 Å². The standard InChI is InChI=1S/C13H19F2NO/c1-4-17-11-7-5-10(6-8-11)13(14,15)12(2,3)9-16/h5-8H,4,9,16H2,1-3H3. The highest BCUT2D eigenvalue weighted by atomic mass is 19.3. The highest BCUT2D eigenvalue weighted by Gasteiger charge is 2.46. The summed E-state index contributed by atoms with van der Waals surface area (Å²) in [6.45, 7) is 5.21. The van der Waals surface area contributed by atoms with Crippen LogP contribution in [0.1, 0.15) is 26.3 Å². The lowest BCUT2D eigenvalue weighted by Crippen LogP contribution is -2.40. The van der Waals surface area contributed by atoms with Crippen LogP contribution in [0.15, 0.2) is 24.3 Å². The Morgan fingerprint density at radius 1 is 1.18 bits per heavy atom. The van der Waals surface area contributed by atoms with Crippen molar-refractivity contribution in [2.24, 2.45) is 11.1 Å². The summed E-state index contributed by atoms with van der Waals surface area (Å²) in [6, 6.07) is 5.89. The van der Waals surface area contributed by atoms with Gasteiger partial charge in [-0.05, 0) is 31.2 Å². The van der Waals surface area contributed by atoms with E-state index in [-0.39, 0.29) is 12.1 Å². The van der Waals surface area contributed by atoms with Gasteiger partial charge in [-0.1, -0.05) is 13.8 Å². The molecule has 0 heterocycles. The summed E-state index contributed by atoms with van der Waals surface area (Å²) in [5.41, 5.74) is 4.11. The lowest BCUT2D eigenvalue weighted by Gasteiger charge is -2.33. The number of benzene rings is 1. The fourth-order valence-electron chi connectivity index (χ4n) is 1.45. The summed E-state index contributed by atoms with van der Waals surface area (Å²) in [5, 5.41) is 0. The molecule has 0 fully saturated rings. The Hall–Kier alpha value is -1.16. The summed E-state index contributed by atoms with van der Waals surface area (Å²) in [5.74, 6) is -2.36. The number of ether oxygens (including phenoxy) is 1. The molecule has 2 N–H and O–H groups in total. The summed E-state index contributed by atoms with van der Waals surface area (Å²) < 4.78 is 33.5. The Labute approximate surface area is 101 Å². The third-order valence-electron chi connectivity index (χ3n) is 2.89. The monoisotopic (exact) mass is 243 g/mol. The van der Waals surface area contributed by atoms with E-state index in [0.717, 1.165) is 0 Å². The van der Waals surface area contributed by atoms with Crippen molar-refractivity contribution in [3.8, 4) is 5.75 Å². The van der Waals surface area contributed by atoms with E-state index < -0.39 is 11.3 Å². The minimum Gasteiger partial charge on any atom is -0.494 e. The molecule has 0 aliphatic carbocycles. The van der Waals surface area contributed by atoms with Crippen molar-refractivity contribution in [3.05, 3.63) is 29.8 Å². The summed E-state index contributed by atoms with van der Waals surface area (Å²) >= 11 is 0. The largest absolute Gasteiger partial charge is 0.494 e. The van der Waals surface area contributed by atoms with Crippen LogP contribution in [0.2, 0.25) is 0 Å². The number of alkyl halides is 2. The van der Waals surface area contributed by atoms with Gasteiger partial charge in [-0.3, -0.25) is 0 Å². The van der Waals surface area contributed by atoms with Crippen LogP contribution in [0, 0.1) is 5.41 Å². The van der Waals surface area contributed by atoms with Gasteiger partial charge < -0.3 is 10.5 Å². The van der Waals surface area contributed by atoms with Crippen molar-refractivity contribution in [2.45, 2.75) is 26.7 Å². The Bertz CT molecular complexity index is 360. The second-order valence-electron chi connectivity index (χ2n) is 4.62. The molecule has 0 saturated carbocycles. The van der Waals surface area contributed by atoms with Gasteiger partial charge in [-0.2, -0.15) is 0 Å². The molecular formula is C13H19F2NO. The van der Waals surface area contributed by atoms with Gasteiger partial charge in [0.15, 0.2) is 0 Å². The smallest absolute Gasteiger partial charge is 0.279 e. The predicted molar refractivity (Wildman–Crippen MR) is 64.3 cm³/mol. The SMILES string of the molecule is CCOc1ccc(C(F)(F)C(C)(C)CN)cc1. The van der Waals surface area contributed by atoms with Crippen LogP contribution in [0.5, 0.6) is 5.75 Å². The van der Waals surface area contributed by atoms with E-state index in [2.05, 4.69) is 0 Å². The van der Waals surface area contributed by atoms with Gasteiger partial charge in [0.2, 0.25) is 0 Å². The van der Waals surface area contributed by atoms with Crippen LogP contribution in [-0.2, 0) is 5.92 Å². The number of halogens is 2. The Kier molecular flexibility index (Phi) is 4.09. The number of hydrogen-bond donors (Lipinski definition) is 1. The zero-order valence-corrected chi connectivity index (χ0v) is 10.5. The lowest BCUT2D eigenvalue weighted by molar-refractivity contribution is -0.108. The Morgan fingerprint density at radius 2 is 1.71 bits per heavy atom. The molecule has 1 rings (SSSR count). The predicted octanol–water partition coefficient (Wildman–Crippen LogP) is 3.16. The van der Waals surface area contributed by atoms with Gasteiger partial charge in [-0.15, -0.1) is 0 Å². The molecule has 0 atom stereocenters. The van der Waals surface area contributed by atoms with Crippen molar-refractivity contribution in [1.29, 1.82) is 0 Å². The first-order chi connectivity index (χ1) is 7.85. The average Bonchev–Trinajstić information content (AvgIpc) is 2.30. The van der Waals surface area contributed by atoms with E-state index in [1.165, 1.54) is 26.0 Å². The van der Waals surface area contributed by atoms with Crippen LogP contribution in [0.3, 0.4) is 0 Å². The molecule has 2 nitrogen and oxygen atoms in total. The molecule has 96 valence electrons. The fourth-order valence-corrected chi connectivity index (χ4v) is 1.45. The summed E-state index contributed by atoms with van der Waals surface area (Å²) in [6.07, 6.45) is 0. The molecule has 17 heavy (non-hydrogen) atoms. The molecule has 0 aliphatic rings. The zero-order valence-electron chi connectivity index (χ0n) is 10.5. The van der Waals surface area contributed by atoms with Gasteiger partial charge in [0.25, 0.3) is 5.92 Å². The molecule has 1 aromatic rings. The molecule has 0 unspecified atom stereocenters. The minimum absolute atomic E-state index is 0.0311. The third kappa shape index (κ3) is 2.75. The first-order valence-electron chi connectivity index (χ1n) is 5.66. The summed E-state index contributed by atoms with van der Waals surface area (Å²) in [4.78, 5) is 0. The topological polar surface area (TPSA) is 35.2 Å². The number of rotatable bonds is 5. The molecular weight excluding hydrogens is 224 g/mol. The van der Waals surface area contributed by atoms with Crippen LogP contribution in [-0.4, -0.2) is 13.2 Å². The van der Waals surface area contributed by atoms with E-state index in [1.54, 1.807) is 12.1 Å². The second kappa shape index (κ2) is 5.00. The van der Waals surface area contributed by atoms with Crippen molar-refractivity contribution in [2.75, 3.05) is 13.2 Å². The number of hydrogen-bond acceptors (Lipinski definition) is 2. The van der Waals surface area contributed by atoms with E-state index >= 15 is 0 Å². The number of nitrogens with two attached hydrogens (primary N) is 1. The van der Waals surface area contributed by atoms with Crippen molar-refractivity contribution in [1.82, 2.24) is 0 Å². The van der Waals surface area contributed by atoms with Crippen molar-refractivity contribution < 1.29 is 13.5 Å². The summed E-state index contributed by atoms with van der Waals surface area (Å²) in [7, 11) is 0. The molecule has 0 saturated heterocycles. The van der Waals surface area contributed by atoms with Crippen LogP contribution < -0.4 is 10.5 Å². The maximum absolute atomic E-state index is 14.1. The quantitative estimate of drug-likeness (QED) is 0.862. The van der Waals surface area contributed by atoms with Gasteiger partial charge >= 0.3 is 0 Å². The normalized spacial score (nSPS) is 12.6. The molecule has 4 heteroatoms. The van der Waals surface area contributed by atoms with Crippen LogP contribution in [0.4, 0.5) is 8.78 Å². The highest BCUT2D eigenvalue weighted by Crippen LogP contribution is 2.44. The van der Waals surface area contributed by atoms with E-state index in [0.29, 0.717) is 12.4 Å². The first kappa shape index (κ1) is 13.9. The average molecular weight is 243 g/mol. The molecule has 0 aromatic heterocycles. The van der Waals surface area contributed by atoms with Crippen LogP contribution in [0.25, 0.3) is 0 Å². The van der Waals surface area contributed by atoms with E-state index in [4.69, 9.17) is 10.5 Å². The van der Waals surface area contributed by atoms with Crippen molar-refractivity contribution >= 4 is 0 Å². The molecule has 1 aromatic carbocycles. The Balaban J connectivity index is 2.99. The maximum Gasteiger partial charge on any atom is 0.279 e. The second-order valence-corrected chi connectivity index (χ2v) is 4.62. The zero-order chi connectivity index (χ0) is 13.1. The molecule has 0 bridgehead atoms. The molecule has 0 amide bonds. The highest BCUT2D eigenvalue weighted by molar-refractivity contribution is 5.31. The first-order valence-corrected chi connectivity index (χ1v) is 5.66. The lowest BCUT2D eigenvalue weighted by atomic mass is 9.81. The Morgan fingerprint density at radius 3 is 2.12 bits per heavy atom. The minimum atomic E-state index is -2.95. The van der Waals surface area contributed by atoms with E-state index in [9.17, 15) is 8.78 Å². The fraction of sp³-hybridized carbons (Fsp3) is 0.538. The van der Waals surface area contributed by atoms with Gasteiger partial charge in [-0.25, -0.2) is 8.78 Å². The molecule has 0 aliphatic heterocycles. The van der Waals surface area contributed by atoms with E-state index in [1.807, 2.05) is 6.92 Å². The van der Waals surface area contributed by atoms with Gasteiger partial charge in [0.1, 0.15) is 5.75 Å². The maximum atomic E-state index is 14.1. The molecule has 0 radical (unpaired) electrons. The van der Waals surface area contributed by atoms with Crippen molar-refractivity contribution in [3.63, 3.8) is 0 Å². The third-order valence-corrected chi connectivity index (χ3v) is 2.89. The van der Waals surface area contributed by atoms with Gasteiger partial charge in [0, 0.05) is 17.5 Å².